The molecule has 100 valence electrons. The zero-order valence-electron chi connectivity index (χ0n) is 10.3. The number of nitriles is 1. The van der Waals surface area contributed by atoms with Crippen LogP contribution in [0.3, 0.4) is 0 Å². The third kappa shape index (κ3) is 1.85. The smallest absolute Gasteiger partial charge is 0.156 e. The van der Waals surface area contributed by atoms with Crippen LogP contribution < -0.4 is 0 Å². The molecule has 5 nitrogen and oxygen atoms in total. The summed E-state index contributed by atoms with van der Waals surface area (Å²) in [6.45, 7) is 0. The third-order valence-corrected chi connectivity index (χ3v) is 6.90. The number of sulfone groups is 1. The summed E-state index contributed by atoms with van der Waals surface area (Å²) in [6, 6.07) is 5.20. The number of hydrogen-bond donors (Lipinski definition) is 1. The predicted molar refractivity (Wildman–Crippen MR) is 67.8 cm³/mol. The molecular weight excluding hydrogens is 264 g/mol. The van der Waals surface area contributed by atoms with Gasteiger partial charge in [-0.1, -0.05) is 0 Å². The molecule has 2 unspecified atom stereocenters. The lowest BCUT2D eigenvalue weighted by Gasteiger charge is -2.35. The van der Waals surface area contributed by atoms with Gasteiger partial charge in [-0.05, 0) is 37.8 Å². The van der Waals surface area contributed by atoms with E-state index in [0.717, 1.165) is 0 Å². The highest BCUT2D eigenvalue weighted by Gasteiger charge is 2.53. The van der Waals surface area contributed by atoms with Crippen LogP contribution in [0.1, 0.15) is 36.9 Å². The van der Waals surface area contributed by atoms with Gasteiger partial charge in [0.15, 0.2) is 9.84 Å². The zero-order chi connectivity index (χ0) is 13.7. The summed E-state index contributed by atoms with van der Waals surface area (Å²) in [4.78, 5) is 4.12. The van der Waals surface area contributed by atoms with Crippen molar-refractivity contribution < 1.29 is 13.5 Å². The van der Waals surface area contributed by atoms with E-state index in [1.165, 1.54) is 6.20 Å². The van der Waals surface area contributed by atoms with Gasteiger partial charge in [0, 0.05) is 6.20 Å². The van der Waals surface area contributed by atoms with E-state index in [-0.39, 0.29) is 12.8 Å². The molecule has 0 radical (unpaired) electrons. The third-order valence-electron chi connectivity index (χ3n) is 4.24. The molecule has 3 heterocycles. The number of fused-ring (bicyclic) bond motifs is 2. The van der Waals surface area contributed by atoms with Gasteiger partial charge in [-0.25, -0.2) is 8.42 Å². The van der Waals surface area contributed by atoms with Crippen LogP contribution in [0.25, 0.3) is 0 Å². The molecule has 6 heteroatoms. The lowest BCUT2D eigenvalue weighted by molar-refractivity contribution is 0.0131. The number of hydrogen-bond acceptors (Lipinski definition) is 5. The second kappa shape index (κ2) is 4.02. The zero-order valence-corrected chi connectivity index (χ0v) is 11.1. The Balaban J connectivity index is 1.95. The highest BCUT2D eigenvalue weighted by molar-refractivity contribution is 7.93. The topological polar surface area (TPSA) is 91.0 Å². The summed E-state index contributed by atoms with van der Waals surface area (Å²) >= 11 is 0. The standard InChI is InChI=1S/C13H14N2O3S/c14-7-9-1-4-12(15-8-9)13(16)5-10-2-3-11(6-13)19(10,17)18/h1,4,8,10-11,16H,2-3,5-6H2. The fourth-order valence-electron chi connectivity index (χ4n) is 3.19. The maximum Gasteiger partial charge on any atom is 0.156 e. The van der Waals surface area contributed by atoms with E-state index in [1.54, 1.807) is 12.1 Å². The van der Waals surface area contributed by atoms with Crippen molar-refractivity contribution in [1.82, 2.24) is 4.98 Å². The largest absolute Gasteiger partial charge is 0.383 e. The number of nitrogens with zero attached hydrogens (tertiary/aromatic N) is 2. The van der Waals surface area contributed by atoms with Crippen LogP contribution in [0.5, 0.6) is 0 Å². The van der Waals surface area contributed by atoms with Gasteiger partial charge in [0.2, 0.25) is 0 Å². The van der Waals surface area contributed by atoms with E-state index in [4.69, 9.17) is 5.26 Å². The molecule has 1 aromatic heterocycles. The fourth-order valence-corrected chi connectivity index (χ4v) is 5.68. The van der Waals surface area contributed by atoms with E-state index in [2.05, 4.69) is 4.98 Å². The quantitative estimate of drug-likeness (QED) is 0.823. The van der Waals surface area contributed by atoms with Crippen LogP contribution >= 0.6 is 0 Å². The Morgan fingerprint density at radius 3 is 2.42 bits per heavy atom. The Morgan fingerprint density at radius 2 is 1.95 bits per heavy atom. The van der Waals surface area contributed by atoms with Gasteiger partial charge in [0.1, 0.15) is 11.7 Å². The van der Waals surface area contributed by atoms with Crippen LogP contribution in [-0.4, -0.2) is 29.0 Å². The van der Waals surface area contributed by atoms with Crippen LogP contribution in [0.4, 0.5) is 0 Å². The van der Waals surface area contributed by atoms with Crippen molar-refractivity contribution in [3.63, 3.8) is 0 Å². The van der Waals surface area contributed by atoms with Gasteiger partial charge < -0.3 is 5.11 Å². The first-order valence-electron chi connectivity index (χ1n) is 6.27. The molecule has 2 fully saturated rings. The van der Waals surface area contributed by atoms with Gasteiger partial charge in [-0.15, -0.1) is 0 Å². The lowest BCUT2D eigenvalue weighted by Crippen LogP contribution is -2.43. The second-order valence-corrected chi connectivity index (χ2v) is 7.91. The molecule has 1 N–H and O–H groups in total. The molecule has 2 bridgehead atoms. The molecule has 0 spiro atoms. The van der Waals surface area contributed by atoms with Crippen LogP contribution in [0.2, 0.25) is 0 Å². The molecule has 0 amide bonds. The monoisotopic (exact) mass is 278 g/mol. The minimum Gasteiger partial charge on any atom is -0.383 e. The minimum absolute atomic E-state index is 0.213. The number of pyridine rings is 1. The minimum atomic E-state index is -3.06. The average Bonchev–Trinajstić information content (AvgIpc) is 2.58. The van der Waals surface area contributed by atoms with Gasteiger partial charge in [0.25, 0.3) is 0 Å². The van der Waals surface area contributed by atoms with E-state index in [9.17, 15) is 13.5 Å². The molecular formula is C13H14N2O3S. The average molecular weight is 278 g/mol. The van der Waals surface area contributed by atoms with Crippen molar-refractivity contribution in [2.45, 2.75) is 41.8 Å². The van der Waals surface area contributed by atoms with Crippen LogP contribution in [0, 0.1) is 11.3 Å². The van der Waals surface area contributed by atoms with E-state index >= 15 is 0 Å². The maximum atomic E-state index is 12.0. The van der Waals surface area contributed by atoms with Crippen molar-refractivity contribution in [3.8, 4) is 6.07 Å². The van der Waals surface area contributed by atoms with E-state index < -0.39 is 25.9 Å². The van der Waals surface area contributed by atoms with Crippen molar-refractivity contribution in [2.75, 3.05) is 0 Å². The van der Waals surface area contributed by atoms with Crippen LogP contribution in [0.15, 0.2) is 18.3 Å². The first-order valence-corrected chi connectivity index (χ1v) is 7.88. The normalized spacial score (nSPS) is 35.8. The summed E-state index contributed by atoms with van der Waals surface area (Å²) in [5.74, 6) is 0. The highest BCUT2D eigenvalue weighted by atomic mass is 32.2. The van der Waals surface area contributed by atoms with Crippen molar-refractivity contribution >= 4 is 9.84 Å². The summed E-state index contributed by atoms with van der Waals surface area (Å²) in [6.07, 6.45) is 3.10. The summed E-state index contributed by atoms with van der Waals surface area (Å²) in [5.41, 5.74) is -0.275. The van der Waals surface area contributed by atoms with Gasteiger partial charge in [-0.3, -0.25) is 4.98 Å². The lowest BCUT2D eigenvalue weighted by atomic mass is 9.89. The second-order valence-electron chi connectivity index (χ2n) is 5.39. The predicted octanol–water partition coefficient (Wildman–Crippen LogP) is 0.880. The number of aliphatic hydroxyl groups is 1. The molecule has 3 rings (SSSR count). The SMILES string of the molecule is N#Cc1ccc(C2(O)CC3CCC(C2)S3(=O)=O)nc1. The molecule has 0 saturated carbocycles. The molecule has 1 aromatic rings. The maximum absolute atomic E-state index is 12.0. The summed E-state index contributed by atoms with van der Waals surface area (Å²) in [7, 11) is -3.06. The molecule has 2 atom stereocenters. The number of rotatable bonds is 1. The van der Waals surface area contributed by atoms with Crippen molar-refractivity contribution in [2.24, 2.45) is 0 Å². The summed E-state index contributed by atoms with van der Waals surface area (Å²) in [5, 5.41) is 18.5. The Morgan fingerprint density at radius 1 is 1.32 bits per heavy atom. The Labute approximate surface area is 111 Å². The van der Waals surface area contributed by atoms with Crippen molar-refractivity contribution in [1.29, 1.82) is 5.26 Å². The van der Waals surface area contributed by atoms with Gasteiger partial charge >= 0.3 is 0 Å². The molecule has 0 aromatic carbocycles. The molecule has 2 aliphatic rings. The first kappa shape index (κ1) is 12.6. The molecule has 0 aliphatic carbocycles. The van der Waals surface area contributed by atoms with Crippen molar-refractivity contribution in [3.05, 3.63) is 29.6 Å². The Kier molecular flexibility index (Phi) is 2.66. The Hall–Kier alpha value is -1.45. The fraction of sp³-hybridized carbons (Fsp3) is 0.538. The van der Waals surface area contributed by atoms with Gasteiger partial charge in [0.05, 0.1) is 21.8 Å². The van der Waals surface area contributed by atoms with Gasteiger partial charge in [-0.2, -0.15) is 5.26 Å². The van der Waals surface area contributed by atoms with E-state index in [1.807, 2.05) is 6.07 Å². The first-order chi connectivity index (χ1) is 8.95. The molecule has 2 aliphatic heterocycles. The summed E-state index contributed by atoms with van der Waals surface area (Å²) < 4.78 is 24.0. The Bertz CT molecular complexity index is 625. The molecule has 19 heavy (non-hydrogen) atoms. The highest BCUT2D eigenvalue weighted by Crippen LogP contribution is 2.46. The molecule has 2 saturated heterocycles. The van der Waals surface area contributed by atoms with E-state index in [0.29, 0.717) is 24.1 Å². The number of aromatic nitrogens is 1. The van der Waals surface area contributed by atoms with Crippen LogP contribution in [-0.2, 0) is 15.4 Å².